The van der Waals surface area contributed by atoms with Crippen LogP contribution in [-0.2, 0) is 9.53 Å². The molecule has 0 spiro atoms. The monoisotopic (exact) mass is 307 g/mol. The second kappa shape index (κ2) is 7.25. The lowest BCUT2D eigenvalue weighted by atomic mass is 9.93. The summed E-state index contributed by atoms with van der Waals surface area (Å²) in [6, 6.07) is 21.4. The molecule has 3 heteroatoms. The Morgan fingerprint density at radius 3 is 2.04 bits per heavy atom. The van der Waals surface area contributed by atoms with E-state index in [1.807, 2.05) is 18.2 Å². The van der Waals surface area contributed by atoms with Gasteiger partial charge in [-0.25, -0.2) is 0 Å². The molecule has 1 saturated heterocycles. The van der Waals surface area contributed by atoms with Crippen LogP contribution in [0.25, 0.3) is 0 Å². The summed E-state index contributed by atoms with van der Waals surface area (Å²) < 4.78 is 4.98. The van der Waals surface area contributed by atoms with Crippen molar-refractivity contribution in [1.82, 2.24) is 4.90 Å². The van der Waals surface area contributed by atoms with Crippen molar-refractivity contribution in [2.45, 2.75) is 13.0 Å². The number of ether oxygens (including phenoxy) is 1. The maximum Gasteiger partial charge on any atom is 0.302 e. The molecule has 0 aromatic heterocycles. The molecule has 0 aliphatic carbocycles. The number of carbonyl (C=O) groups is 1. The molecule has 2 aromatic rings. The van der Waals surface area contributed by atoms with Gasteiger partial charge in [0.25, 0.3) is 0 Å². The fourth-order valence-electron chi connectivity index (χ4n) is 2.95. The van der Waals surface area contributed by atoms with Crippen LogP contribution in [0.4, 0.5) is 0 Å². The van der Waals surface area contributed by atoms with Crippen molar-refractivity contribution in [2.75, 3.05) is 19.7 Å². The summed E-state index contributed by atoms with van der Waals surface area (Å²) in [6.45, 7) is 3.64. The van der Waals surface area contributed by atoms with Gasteiger partial charge in [-0.1, -0.05) is 60.7 Å². The van der Waals surface area contributed by atoms with E-state index in [2.05, 4.69) is 53.4 Å². The Balaban J connectivity index is 1.73. The lowest BCUT2D eigenvalue weighted by molar-refractivity contribution is -0.139. The Labute approximate surface area is 137 Å². The van der Waals surface area contributed by atoms with Crippen molar-refractivity contribution in [3.63, 3.8) is 0 Å². The lowest BCUT2D eigenvalue weighted by Crippen LogP contribution is -2.43. The molecule has 1 heterocycles. The van der Waals surface area contributed by atoms with E-state index < -0.39 is 0 Å². The molecule has 0 bridgehead atoms. The molecule has 1 fully saturated rings. The van der Waals surface area contributed by atoms with Crippen LogP contribution in [0.2, 0.25) is 0 Å². The second-order valence-corrected chi connectivity index (χ2v) is 5.79. The van der Waals surface area contributed by atoms with Gasteiger partial charge in [0.05, 0.1) is 6.04 Å². The van der Waals surface area contributed by atoms with Crippen molar-refractivity contribution in [2.24, 2.45) is 0 Å². The summed E-state index contributed by atoms with van der Waals surface area (Å²) >= 11 is 0. The SMILES string of the molecule is CC(=O)OCC=C1CN(C(c2ccccc2)c2ccccc2)C1. The first-order chi connectivity index (χ1) is 11.2. The molecular weight excluding hydrogens is 286 g/mol. The van der Waals surface area contributed by atoms with E-state index in [4.69, 9.17) is 4.74 Å². The fraction of sp³-hybridized carbons (Fsp3) is 0.250. The normalized spacial score (nSPS) is 14.4. The third kappa shape index (κ3) is 3.88. The first-order valence-electron chi connectivity index (χ1n) is 7.89. The van der Waals surface area contributed by atoms with E-state index in [1.54, 1.807) is 0 Å². The lowest BCUT2D eigenvalue weighted by Gasteiger charge is -2.41. The highest BCUT2D eigenvalue weighted by Gasteiger charge is 2.29. The van der Waals surface area contributed by atoms with Crippen molar-refractivity contribution in [1.29, 1.82) is 0 Å². The van der Waals surface area contributed by atoms with Gasteiger partial charge in [0.15, 0.2) is 0 Å². The van der Waals surface area contributed by atoms with Gasteiger partial charge in [-0.05, 0) is 22.8 Å². The zero-order chi connectivity index (χ0) is 16.1. The Morgan fingerprint density at radius 2 is 1.57 bits per heavy atom. The molecule has 118 valence electrons. The number of esters is 1. The number of rotatable bonds is 5. The minimum Gasteiger partial charge on any atom is -0.462 e. The minimum atomic E-state index is -0.232. The average Bonchev–Trinajstić information content (AvgIpc) is 2.54. The minimum absolute atomic E-state index is 0.232. The number of benzene rings is 2. The molecular formula is C20H21NO2. The van der Waals surface area contributed by atoms with E-state index in [-0.39, 0.29) is 12.0 Å². The van der Waals surface area contributed by atoms with Crippen LogP contribution in [0.3, 0.4) is 0 Å². The Morgan fingerprint density at radius 1 is 1.04 bits per heavy atom. The summed E-state index contributed by atoms with van der Waals surface area (Å²) in [5.41, 5.74) is 3.93. The van der Waals surface area contributed by atoms with Crippen LogP contribution in [0.1, 0.15) is 24.1 Å². The fourth-order valence-corrected chi connectivity index (χ4v) is 2.95. The molecule has 0 atom stereocenters. The van der Waals surface area contributed by atoms with Crippen LogP contribution in [0, 0.1) is 0 Å². The van der Waals surface area contributed by atoms with E-state index in [9.17, 15) is 4.79 Å². The summed E-state index contributed by atoms with van der Waals surface area (Å²) in [5.74, 6) is -0.232. The van der Waals surface area contributed by atoms with Crippen molar-refractivity contribution < 1.29 is 9.53 Å². The Bertz CT molecular complexity index is 632. The highest BCUT2D eigenvalue weighted by Crippen LogP contribution is 2.33. The third-order valence-corrected chi connectivity index (χ3v) is 4.07. The molecule has 0 N–H and O–H groups in total. The van der Waals surface area contributed by atoms with Gasteiger partial charge in [0.1, 0.15) is 6.61 Å². The highest BCUT2D eigenvalue weighted by atomic mass is 16.5. The van der Waals surface area contributed by atoms with Crippen LogP contribution in [0.5, 0.6) is 0 Å². The van der Waals surface area contributed by atoms with Gasteiger partial charge in [0, 0.05) is 20.0 Å². The molecule has 3 rings (SSSR count). The smallest absolute Gasteiger partial charge is 0.302 e. The van der Waals surface area contributed by atoms with E-state index in [0.717, 1.165) is 13.1 Å². The van der Waals surface area contributed by atoms with Crippen molar-refractivity contribution >= 4 is 5.97 Å². The summed E-state index contributed by atoms with van der Waals surface area (Å²) in [5, 5.41) is 0. The Kier molecular flexibility index (Phi) is 4.89. The third-order valence-electron chi connectivity index (χ3n) is 4.07. The van der Waals surface area contributed by atoms with Crippen LogP contribution < -0.4 is 0 Å². The second-order valence-electron chi connectivity index (χ2n) is 5.79. The summed E-state index contributed by atoms with van der Waals surface area (Å²) in [6.07, 6.45) is 2.02. The average molecular weight is 307 g/mol. The number of hydrogen-bond acceptors (Lipinski definition) is 3. The molecule has 3 nitrogen and oxygen atoms in total. The molecule has 23 heavy (non-hydrogen) atoms. The van der Waals surface area contributed by atoms with Gasteiger partial charge in [-0.2, -0.15) is 0 Å². The summed E-state index contributed by atoms with van der Waals surface area (Å²) in [4.78, 5) is 13.2. The topological polar surface area (TPSA) is 29.5 Å². The van der Waals surface area contributed by atoms with Gasteiger partial charge in [0.2, 0.25) is 0 Å². The Hall–Kier alpha value is -2.39. The van der Waals surface area contributed by atoms with E-state index in [1.165, 1.54) is 23.6 Å². The highest BCUT2D eigenvalue weighted by molar-refractivity contribution is 5.66. The predicted octanol–water partition coefficient (Wildman–Crippen LogP) is 3.58. The molecule has 1 aliphatic heterocycles. The molecule has 0 saturated carbocycles. The molecule has 0 amide bonds. The maximum absolute atomic E-state index is 10.8. The van der Waals surface area contributed by atoms with Gasteiger partial charge in [-0.15, -0.1) is 0 Å². The number of nitrogens with zero attached hydrogens (tertiary/aromatic N) is 1. The van der Waals surface area contributed by atoms with Gasteiger partial charge < -0.3 is 4.74 Å². The largest absolute Gasteiger partial charge is 0.462 e. The van der Waals surface area contributed by atoms with Crippen LogP contribution >= 0.6 is 0 Å². The van der Waals surface area contributed by atoms with Crippen molar-refractivity contribution in [3.05, 3.63) is 83.4 Å². The standard InChI is InChI=1S/C20H21NO2/c1-16(22)23-13-12-17-14-21(15-17)20(18-8-4-2-5-9-18)19-10-6-3-7-11-19/h2-12,20H,13-15H2,1H3. The van der Waals surface area contributed by atoms with Gasteiger partial charge in [-0.3, -0.25) is 9.69 Å². The molecule has 0 unspecified atom stereocenters. The van der Waals surface area contributed by atoms with Crippen molar-refractivity contribution in [3.8, 4) is 0 Å². The molecule has 2 aromatic carbocycles. The van der Waals surface area contributed by atoms with Crippen LogP contribution in [0.15, 0.2) is 72.3 Å². The zero-order valence-corrected chi connectivity index (χ0v) is 13.3. The quantitative estimate of drug-likeness (QED) is 0.624. The first-order valence-corrected chi connectivity index (χ1v) is 7.89. The number of hydrogen-bond donors (Lipinski definition) is 0. The van der Waals surface area contributed by atoms with Gasteiger partial charge >= 0.3 is 5.97 Å². The summed E-state index contributed by atoms with van der Waals surface area (Å²) in [7, 11) is 0. The number of carbonyl (C=O) groups excluding carboxylic acids is 1. The molecule has 1 aliphatic rings. The van der Waals surface area contributed by atoms with E-state index in [0.29, 0.717) is 6.61 Å². The van der Waals surface area contributed by atoms with Crippen LogP contribution in [-0.4, -0.2) is 30.6 Å². The van der Waals surface area contributed by atoms with E-state index >= 15 is 0 Å². The zero-order valence-electron chi connectivity index (χ0n) is 13.3. The molecule has 0 radical (unpaired) electrons. The predicted molar refractivity (Wildman–Crippen MR) is 91.0 cm³/mol. The number of likely N-dealkylation sites (tertiary alicyclic amines) is 1. The first kappa shape index (κ1) is 15.5. The maximum atomic E-state index is 10.8.